The average Bonchev–Trinajstić information content (AvgIpc) is 3.16. The lowest BCUT2D eigenvalue weighted by atomic mass is 9.51. The molecule has 0 radical (unpaired) electrons. The maximum Gasteiger partial charge on any atom is 0.354 e. The van der Waals surface area contributed by atoms with Gasteiger partial charge in [0.25, 0.3) is 0 Å². The number of esters is 1. The molecule has 4 bridgehead atoms. The first kappa shape index (κ1) is 17.3. The van der Waals surface area contributed by atoms with Gasteiger partial charge < -0.3 is 14.2 Å². The minimum Gasteiger partial charge on any atom is -0.464 e. The lowest BCUT2D eigenvalue weighted by Gasteiger charge is -2.54. The number of carbonyl (C=O) groups is 2. The zero-order chi connectivity index (χ0) is 18.5. The molecule has 146 valence electrons. The van der Waals surface area contributed by atoms with Gasteiger partial charge in [-0.2, -0.15) is 0 Å². The van der Waals surface area contributed by atoms with Gasteiger partial charge in [-0.05, 0) is 80.8 Å². The first-order chi connectivity index (χ1) is 13.1. The maximum atomic E-state index is 13.3. The molecule has 5 heteroatoms. The Morgan fingerprint density at radius 2 is 1.63 bits per heavy atom. The maximum absolute atomic E-state index is 13.3. The van der Waals surface area contributed by atoms with E-state index < -0.39 is 0 Å². The topological polar surface area (TPSA) is 51.5 Å². The minimum atomic E-state index is -0.285. The van der Waals surface area contributed by atoms with Crippen molar-refractivity contribution in [3.8, 4) is 0 Å². The summed E-state index contributed by atoms with van der Waals surface area (Å²) in [5, 5.41) is 0. The Morgan fingerprint density at radius 1 is 1.00 bits per heavy atom. The molecule has 27 heavy (non-hydrogen) atoms. The van der Waals surface area contributed by atoms with Gasteiger partial charge in [-0.15, -0.1) is 0 Å². The van der Waals surface area contributed by atoms with Crippen LogP contribution in [-0.2, 0) is 9.53 Å². The number of amides is 1. The molecule has 1 aromatic rings. The molecule has 0 N–H and O–H groups in total. The summed E-state index contributed by atoms with van der Waals surface area (Å²) in [6.45, 7) is 1.62. The van der Waals surface area contributed by atoms with E-state index in [0.717, 1.165) is 37.8 Å². The van der Waals surface area contributed by atoms with E-state index in [-0.39, 0.29) is 12.0 Å². The van der Waals surface area contributed by atoms with Crippen molar-refractivity contribution in [3.63, 3.8) is 0 Å². The number of carbonyl (C=O) groups excluding carboxylic acids is 2. The summed E-state index contributed by atoms with van der Waals surface area (Å²) in [6.07, 6.45) is 10.4. The number of piperidine rings is 1. The summed E-state index contributed by atoms with van der Waals surface area (Å²) in [4.78, 5) is 27.4. The Bertz CT molecular complexity index is 704. The number of nitrogens with zero attached hydrogens (tertiary/aromatic N) is 2. The lowest BCUT2D eigenvalue weighted by Crippen LogP contribution is -2.53. The normalized spacial score (nSPS) is 35.4. The highest BCUT2D eigenvalue weighted by Gasteiger charge is 2.51. The van der Waals surface area contributed by atoms with Crippen LogP contribution in [-0.4, -0.2) is 41.5 Å². The summed E-state index contributed by atoms with van der Waals surface area (Å²) in [6, 6.07) is 3.99. The fourth-order valence-corrected chi connectivity index (χ4v) is 6.89. The SMILES string of the molecule is COC(=O)c1cccn1C1CCN(C(=O)C2C3CC4CC(C3)CC2C4)CC1. The second-order valence-electron chi connectivity index (χ2n) is 9.31. The van der Waals surface area contributed by atoms with Crippen LogP contribution in [0.3, 0.4) is 0 Å². The van der Waals surface area contributed by atoms with Gasteiger partial charge in [-0.3, -0.25) is 4.79 Å². The van der Waals surface area contributed by atoms with E-state index in [9.17, 15) is 9.59 Å². The first-order valence-corrected chi connectivity index (χ1v) is 10.7. The van der Waals surface area contributed by atoms with Gasteiger partial charge in [0.05, 0.1) is 7.11 Å². The Hall–Kier alpha value is -1.78. The quantitative estimate of drug-likeness (QED) is 0.765. The molecule has 2 heterocycles. The lowest BCUT2D eigenvalue weighted by molar-refractivity contribution is -0.150. The van der Waals surface area contributed by atoms with Crippen molar-refractivity contribution in [2.75, 3.05) is 20.2 Å². The molecular weight excluding hydrogens is 340 g/mol. The number of methoxy groups -OCH3 is 1. The van der Waals surface area contributed by atoms with Crippen LogP contribution in [0.15, 0.2) is 18.3 Å². The van der Waals surface area contributed by atoms with E-state index in [1.807, 2.05) is 22.9 Å². The molecule has 1 aromatic heterocycles. The van der Waals surface area contributed by atoms with E-state index in [0.29, 0.717) is 29.4 Å². The zero-order valence-electron chi connectivity index (χ0n) is 16.2. The van der Waals surface area contributed by atoms with Crippen LogP contribution in [0.25, 0.3) is 0 Å². The smallest absolute Gasteiger partial charge is 0.354 e. The Morgan fingerprint density at radius 3 is 2.22 bits per heavy atom. The predicted octanol–water partition coefficient (Wildman–Crippen LogP) is 3.51. The highest BCUT2D eigenvalue weighted by Crippen LogP contribution is 2.57. The summed E-state index contributed by atoms with van der Waals surface area (Å²) >= 11 is 0. The van der Waals surface area contributed by atoms with Gasteiger partial charge in [0.2, 0.25) is 5.91 Å². The van der Waals surface area contributed by atoms with Crippen molar-refractivity contribution in [3.05, 3.63) is 24.0 Å². The van der Waals surface area contributed by atoms with Crippen molar-refractivity contribution >= 4 is 11.9 Å². The Balaban J connectivity index is 1.24. The van der Waals surface area contributed by atoms with E-state index in [2.05, 4.69) is 4.90 Å². The second kappa shape index (κ2) is 6.68. The second-order valence-corrected chi connectivity index (χ2v) is 9.31. The van der Waals surface area contributed by atoms with Gasteiger partial charge in [0, 0.05) is 31.2 Å². The van der Waals surface area contributed by atoms with E-state index in [1.165, 1.54) is 39.2 Å². The number of hydrogen-bond donors (Lipinski definition) is 0. The van der Waals surface area contributed by atoms with E-state index >= 15 is 0 Å². The largest absolute Gasteiger partial charge is 0.464 e. The van der Waals surface area contributed by atoms with Crippen LogP contribution < -0.4 is 0 Å². The standard InChI is InChI=1S/C22H30N2O3/c1-27-22(26)19-3-2-6-24(19)18-4-7-23(8-5-18)21(25)20-16-10-14-9-15(12-16)13-17(20)11-14/h2-3,6,14-18,20H,4-5,7-13H2,1H3. The number of hydrogen-bond acceptors (Lipinski definition) is 3. The summed E-state index contributed by atoms with van der Waals surface area (Å²) in [7, 11) is 1.42. The molecule has 5 nitrogen and oxygen atoms in total. The number of ether oxygens (including phenoxy) is 1. The molecule has 0 aromatic carbocycles. The highest BCUT2D eigenvalue weighted by molar-refractivity contribution is 5.87. The molecule has 5 fully saturated rings. The van der Waals surface area contributed by atoms with Crippen molar-refractivity contribution < 1.29 is 14.3 Å². The van der Waals surface area contributed by atoms with Gasteiger partial charge in [-0.25, -0.2) is 4.79 Å². The zero-order valence-corrected chi connectivity index (χ0v) is 16.2. The van der Waals surface area contributed by atoms with Gasteiger partial charge in [0.1, 0.15) is 5.69 Å². The van der Waals surface area contributed by atoms with E-state index in [1.54, 1.807) is 0 Å². The predicted molar refractivity (Wildman–Crippen MR) is 101 cm³/mol. The molecular formula is C22H30N2O3. The number of aromatic nitrogens is 1. The van der Waals surface area contributed by atoms with Crippen molar-refractivity contribution in [1.82, 2.24) is 9.47 Å². The molecule has 1 saturated heterocycles. The molecule has 0 spiro atoms. The van der Waals surface area contributed by atoms with Crippen molar-refractivity contribution in [1.29, 1.82) is 0 Å². The van der Waals surface area contributed by atoms with Crippen LogP contribution >= 0.6 is 0 Å². The number of likely N-dealkylation sites (tertiary alicyclic amines) is 1. The van der Waals surface area contributed by atoms with Crippen molar-refractivity contribution in [2.24, 2.45) is 29.6 Å². The first-order valence-electron chi connectivity index (χ1n) is 10.7. The average molecular weight is 370 g/mol. The summed E-state index contributed by atoms with van der Waals surface area (Å²) in [5.41, 5.74) is 0.614. The molecule has 4 aliphatic carbocycles. The van der Waals surface area contributed by atoms with Crippen LogP contribution in [0.1, 0.15) is 61.5 Å². The Labute approximate surface area is 161 Å². The van der Waals surface area contributed by atoms with E-state index in [4.69, 9.17) is 4.74 Å². The van der Waals surface area contributed by atoms with Crippen molar-refractivity contribution in [2.45, 2.75) is 51.0 Å². The molecule has 4 saturated carbocycles. The summed E-state index contributed by atoms with van der Waals surface area (Å²) < 4.78 is 6.93. The van der Waals surface area contributed by atoms with Gasteiger partial charge in [0.15, 0.2) is 0 Å². The molecule has 1 aliphatic heterocycles. The van der Waals surface area contributed by atoms with Crippen LogP contribution in [0.2, 0.25) is 0 Å². The number of rotatable bonds is 3. The van der Waals surface area contributed by atoms with Crippen LogP contribution in [0, 0.1) is 29.6 Å². The summed E-state index contributed by atoms with van der Waals surface area (Å²) in [5.74, 6) is 3.57. The molecule has 0 unspecified atom stereocenters. The third-order valence-electron chi connectivity index (χ3n) is 7.85. The molecule has 5 aliphatic rings. The molecule has 0 atom stereocenters. The molecule has 6 rings (SSSR count). The van der Waals surface area contributed by atoms with Gasteiger partial charge >= 0.3 is 5.97 Å². The third kappa shape index (κ3) is 2.90. The minimum absolute atomic E-state index is 0.275. The Kier molecular flexibility index (Phi) is 4.29. The molecule has 1 amide bonds. The van der Waals surface area contributed by atoms with Gasteiger partial charge in [-0.1, -0.05) is 0 Å². The monoisotopic (exact) mass is 370 g/mol. The van der Waals surface area contributed by atoms with Crippen LogP contribution in [0.4, 0.5) is 0 Å². The highest BCUT2D eigenvalue weighted by atomic mass is 16.5. The fraction of sp³-hybridized carbons (Fsp3) is 0.727. The fourth-order valence-electron chi connectivity index (χ4n) is 6.89. The van der Waals surface area contributed by atoms with Crippen LogP contribution in [0.5, 0.6) is 0 Å². The third-order valence-corrected chi connectivity index (χ3v) is 7.85.